The zero-order valence-electron chi connectivity index (χ0n) is 10.5. The number of rotatable bonds is 4. The summed E-state index contributed by atoms with van der Waals surface area (Å²) in [5.74, 6) is -0.193. The molecule has 2 aromatic carbocycles. The minimum absolute atomic E-state index is 0.00915. The van der Waals surface area contributed by atoms with Gasteiger partial charge in [-0.25, -0.2) is 0 Å². The molecular weight excluding hydrogens is 256 g/mol. The number of benzene rings is 2. The van der Waals surface area contributed by atoms with Crippen LogP contribution < -0.4 is 0 Å². The predicted octanol–water partition coefficient (Wildman–Crippen LogP) is 4.01. The third-order valence-electron chi connectivity index (χ3n) is 2.71. The molecule has 0 aliphatic rings. The van der Waals surface area contributed by atoms with E-state index in [9.17, 15) is 9.90 Å². The van der Waals surface area contributed by atoms with Gasteiger partial charge in [-0.1, -0.05) is 30.3 Å². The van der Waals surface area contributed by atoms with Crippen LogP contribution in [0.1, 0.15) is 15.9 Å². The molecular formula is C16H14O2S. The minimum Gasteiger partial charge on any atom is -0.507 e. The van der Waals surface area contributed by atoms with Crippen LogP contribution in [0.15, 0.2) is 59.5 Å². The number of phenols is 1. The summed E-state index contributed by atoms with van der Waals surface area (Å²) >= 11 is 1.68. The molecule has 0 amide bonds. The fraction of sp³-hybridized carbons (Fsp3) is 0.0625. The highest BCUT2D eigenvalue weighted by Crippen LogP contribution is 2.18. The number of para-hydroxylation sites is 1. The first-order valence-corrected chi connectivity index (χ1v) is 7.07. The first-order chi connectivity index (χ1) is 9.20. The van der Waals surface area contributed by atoms with E-state index >= 15 is 0 Å². The van der Waals surface area contributed by atoms with Crippen molar-refractivity contribution in [1.82, 2.24) is 0 Å². The fourth-order valence-electron chi connectivity index (χ4n) is 1.66. The third kappa shape index (κ3) is 3.48. The molecule has 2 nitrogen and oxygen atoms in total. The Balaban J connectivity index is 2.14. The molecule has 0 unspecified atom stereocenters. The van der Waals surface area contributed by atoms with E-state index in [2.05, 4.69) is 0 Å². The number of carbonyl (C=O) groups is 1. The van der Waals surface area contributed by atoms with Gasteiger partial charge in [0.15, 0.2) is 5.78 Å². The van der Waals surface area contributed by atoms with Gasteiger partial charge in [0.05, 0.1) is 5.56 Å². The molecule has 0 saturated carbocycles. The van der Waals surface area contributed by atoms with Crippen molar-refractivity contribution in [3.63, 3.8) is 0 Å². The van der Waals surface area contributed by atoms with E-state index in [-0.39, 0.29) is 11.5 Å². The highest BCUT2D eigenvalue weighted by molar-refractivity contribution is 7.98. The van der Waals surface area contributed by atoms with Gasteiger partial charge in [0.2, 0.25) is 0 Å². The summed E-state index contributed by atoms with van der Waals surface area (Å²) < 4.78 is 0. The van der Waals surface area contributed by atoms with Crippen molar-refractivity contribution >= 4 is 23.6 Å². The lowest BCUT2D eigenvalue weighted by Crippen LogP contribution is -1.94. The molecule has 1 N–H and O–H groups in total. The molecule has 0 spiro atoms. The second-order valence-electron chi connectivity index (χ2n) is 3.99. The van der Waals surface area contributed by atoms with Gasteiger partial charge in [0, 0.05) is 4.90 Å². The molecule has 96 valence electrons. The largest absolute Gasteiger partial charge is 0.507 e. The van der Waals surface area contributed by atoms with Gasteiger partial charge in [0.1, 0.15) is 5.75 Å². The Bertz CT molecular complexity index is 600. The number of aromatic hydroxyl groups is 1. The van der Waals surface area contributed by atoms with E-state index in [1.807, 2.05) is 30.5 Å². The maximum atomic E-state index is 11.9. The molecule has 0 aromatic heterocycles. The molecule has 2 rings (SSSR count). The Hall–Kier alpha value is -2.00. The van der Waals surface area contributed by atoms with E-state index in [4.69, 9.17) is 0 Å². The molecule has 0 radical (unpaired) electrons. The second kappa shape index (κ2) is 6.25. The maximum absolute atomic E-state index is 11.9. The number of hydrogen-bond acceptors (Lipinski definition) is 3. The van der Waals surface area contributed by atoms with Crippen LogP contribution in [-0.4, -0.2) is 17.1 Å². The summed E-state index contributed by atoms with van der Waals surface area (Å²) in [6.45, 7) is 0. The van der Waals surface area contributed by atoms with Crippen molar-refractivity contribution in [3.8, 4) is 5.75 Å². The van der Waals surface area contributed by atoms with E-state index in [0.717, 1.165) is 5.56 Å². The van der Waals surface area contributed by atoms with Crippen molar-refractivity contribution in [1.29, 1.82) is 0 Å². The van der Waals surface area contributed by atoms with Gasteiger partial charge in [-0.3, -0.25) is 4.79 Å². The standard InChI is InChI=1S/C16H14O2S/c1-19-13-9-6-12(7-10-13)8-11-16(18)14-4-2-3-5-15(14)17/h2-11,17H,1H3/b11-8+. The highest BCUT2D eigenvalue weighted by atomic mass is 32.2. The topological polar surface area (TPSA) is 37.3 Å². The average molecular weight is 270 g/mol. The smallest absolute Gasteiger partial charge is 0.189 e. The van der Waals surface area contributed by atoms with Crippen LogP contribution in [-0.2, 0) is 0 Å². The Labute approximate surface area is 116 Å². The minimum atomic E-state index is -0.202. The van der Waals surface area contributed by atoms with Crippen LogP contribution in [0, 0.1) is 0 Å². The number of allylic oxidation sites excluding steroid dienone is 1. The summed E-state index contributed by atoms with van der Waals surface area (Å²) in [5.41, 5.74) is 1.28. The molecule has 2 aromatic rings. The zero-order chi connectivity index (χ0) is 13.7. The molecule has 0 heterocycles. The first-order valence-electron chi connectivity index (χ1n) is 5.85. The van der Waals surface area contributed by atoms with E-state index in [1.54, 1.807) is 36.0 Å². The van der Waals surface area contributed by atoms with Crippen LogP contribution in [0.5, 0.6) is 5.75 Å². The number of phenolic OH excluding ortho intramolecular Hbond substituents is 1. The lowest BCUT2D eigenvalue weighted by Gasteiger charge is -1.99. The van der Waals surface area contributed by atoms with E-state index in [1.165, 1.54) is 17.0 Å². The Morgan fingerprint density at radius 1 is 1.11 bits per heavy atom. The molecule has 0 saturated heterocycles. The van der Waals surface area contributed by atoms with Crippen LogP contribution in [0.2, 0.25) is 0 Å². The monoisotopic (exact) mass is 270 g/mol. The van der Waals surface area contributed by atoms with Gasteiger partial charge < -0.3 is 5.11 Å². The molecule has 0 aliphatic heterocycles. The second-order valence-corrected chi connectivity index (χ2v) is 4.87. The molecule has 0 fully saturated rings. The van der Waals surface area contributed by atoms with Gasteiger partial charge in [-0.05, 0) is 42.2 Å². The van der Waals surface area contributed by atoms with Crippen molar-refractivity contribution < 1.29 is 9.90 Å². The lowest BCUT2D eigenvalue weighted by molar-refractivity contribution is 0.104. The van der Waals surface area contributed by atoms with E-state index in [0.29, 0.717) is 5.56 Å². The number of ketones is 1. The Morgan fingerprint density at radius 2 is 1.79 bits per heavy atom. The highest BCUT2D eigenvalue weighted by Gasteiger charge is 2.06. The van der Waals surface area contributed by atoms with Crippen molar-refractivity contribution in [3.05, 3.63) is 65.7 Å². The van der Waals surface area contributed by atoms with Gasteiger partial charge in [-0.2, -0.15) is 0 Å². The fourth-order valence-corrected chi connectivity index (χ4v) is 2.07. The molecule has 0 atom stereocenters. The van der Waals surface area contributed by atoms with E-state index < -0.39 is 0 Å². The predicted molar refractivity (Wildman–Crippen MR) is 79.7 cm³/mol. The number of thioether (sulfide) groups is 1. The summed E-state index contributed by atoms with van der Waals surface area (Å²) in [5, 5.41) is 9.59. The summed E-state index contributed by atoms with van der Waals surface area (Å²) in [6, 6.07) is 14.5. The molecule has 0 bridgehead atoms. The van der Waals surface area contributed by atoms with Crippen molar-refractivity contribution in [2.24, 2.45) is 0 Å². The van der Waals surface area contributed by atoms with Crippen LogP contribution in [0.25, 0.3) is 6.08 Å². The van der Waals surface area contributed by atoms with Gasteiger partial charge >= 0.3 is 0 Å². The Morgan fingerprint density at radius 3 is 2.42 bits per heavy atom. The maximum Gasteiger partial charge on any atom is 0.189 e. The van der Waals surface area contributed by atoms with Crippen molar-refractivity contribution in [2.45, 2.75) is 4.90 Å². The van der Waals surface area contributed by atoms with Crippen LogP contribution in [0.4, 0.5) is 0 Å². The molecule has 19 heavy (non-hydrogen) atoms. The number of carbonyl (C=O) groups excluding carboxylic acids is 1. The van der Waals surface area contributed by atoms with Gasteiger partial charge in [-0.15, -0.1) is 11.8 Å². The number of hydrogen-bond donors (Lipinski definition) is 1. The Kier molecular flexibility index (Phi) is 4.42. The van der Waals surface area contributed by atoms with Crippen LogP contribution >= 0.6 is 11.8 Å². The quantitative estimate of drug-likeness (QED) is 0.518. The SMILES string of the molecule is CSc1ccc(/C=C/C(=O)c2ccccc2O)cc1. The lowest BCUT2D eigenvalue weighted by atomic mass is 10.1. The molecule has 0 aliphatic carbocycles. The normalized spacial score (nSPS) is 10.8. The van der Waals surface area contributed by atoms with Crippen LogP contribution in [0.3, 0.4) is 0 Å². The summed E-state index contributed by atoms with van der Waals surface area (Å²) in [6.07, 6.45) is 5.24. The average Bonchev–Trinajstić information content (AvgIpc) is 2.46. The molecule has 3 heteroatoms. The first kappa shape index (κ1) is 13.4. The summed E-state index contributed by atoms with van der Waals surface area (Å²) in [4.78, 5) is 13.1. The zero-order valence-corrected chi connectivity index (χ0v) is 11.4. The third-order valence-corrected chi connectivity index (χ3v) is 3.46. The summed E-state index contributed by atoms with van der Waals surface area (Å²) in [7, 11) is 0. The van der Waals surface area contributed by atoms with Crippen molar-refractivity contribution in [2.75, 3.05) is 6.26 Å². The van der Waals surface area contributed by atoms with Gasteiger partial charge in [0.25, 0.3) is 0 Å².